The first-order valence-corrected chi connectivity index (χ1v) is 6.95. The fourth-order valence-corrected chi connectivity index (χ4v) is 2.57. The number of nitrogens with zero attached hydrogens (tertiary/aromatic N) is 3. The molecule has 0 unspecified atom stereocenters. The fourth-order valence-electron chi connectivity index (χ4n) is 2.06. The topological polar surface area (TPSA) is 48.8 Å². The Morgan fingerprint density at radius 2 is 2.05 bits per heavy atom. The Bertz CT molecular complexity index is 579. The summed E-state index contributed by atoms with van der Waals surface area (Å²) in [6, 6.07) is 10.2. The average molecular weight is 269 g/mol. The Labute approximate surface area is 117 Å². The van der Waals surface area contributed by atoms with Gasteiger partial charge in [-0.2, -0.15) is 0 Å². The van der Waals surface area contributed by atoms with Gasteiger partial charge in [0.25, 0.3) is 0 Å². The second kappa shape index (κ2) is 6.88. The first-order valence-electron chi connectivity index (χ1n) is 6.18. The molecule has 0 radical (unpaired) electrons. The molecule has 4 heteroatoms. The van der Waals surface area contributed by atoms with Crippen LogP contribution in [0.15, 0.2) is 63.1 Å². The quantitative estimate of drug-likeness (QED) is 0.302. The average Bonchev–Trinajstić information content (AvgIpc) is 2.46. The van der Waals surface area contributed by atoms with Gasteiger partial charge in [0, 0.05) is 4.91 Å². The lowest BCUT2D eigenvalue weighted by molar-refractivity contribution is 0.954. The van der Waals surface area contributed by atoms with Crippen molar-refractivity contribution in [2.24, 2.45) is 4.52 Å². The molecule has 0 amide bonds. The number of hydrogen-bond donors (Lipinski definition) is 0. The second-order valence-electron chi connectivity index (χ2n) is 4.20. The largest absolute Gasteiger partial charge is 0.0838 e. The lowest BCUT2D eigenvalue weighted by Gasteiger charge is -2.17. The number of hydrogen-bond acceptors (Lipinski definition) is 2. The summed E-state index contributed by atoms with van der Waals surface area (Å²) in [5, 5.41) is 0. The summed E-state index contributed by atoms with van der Waals surface area (Å²) in [4.78, 5) is 3.91. The van der Waals surface area contributed by atoms with Crippen LogP contribution in [0.1, 0.15) is 25.3 Å². The molecule has 96 valence electrons. The predicted molar refractivity (Wildman–Crippen MR) is 82.2 cm³/mol. The highest BCUT2D eigenvalue weighted by Crippen LogP contribution is 2.35. The third-order valence-electron chi connectivity index (χ3n) is 2.99. The molecule has 1 aromatic rings. The van der Waals surface area contributed by atoms with E-state index < -0.39 is 0 Å². The number of benzene rings is 1. The van der Waals surface area contributed by atoms with Crippen LogP contribution in [0.3, 0.4) is 0 Å². The molecule has 19 heavy (non-hydrogen) atoms. The Balaban J connectivity index is 2.32. The van der Waals surface area contributed by atoms with Gasteiger partial charge in [0.1, 0.15) is 0 Å². The van der Waals surface area contributed by atoms with E-state index in [4.69, 9.17) is 5.53 Å². The van der Waals surface area contributed by atoms with Crippen LogP contribution in [0, 0.1) is 0 Å². The Morgan fingerprint density at radius 1 is 1.26 bits per heavy atom. The summed E-state index contributed by atoms with van der Waals surface area (Å²) in [6.07, 6.45) is 8.38. The van der Waals surface area contributed by atoms with E-state index in [1.807, 2.05) is 18.2 Å². The van der Waals surface area contributed by atoms with Gasteiger partial charge in [0.05, 0.1) is 0 Å². The highest BCUT2D eigenvalue weighted by atomic mass is 32.2. The van der Waals surface area contributed by atoms with Crippen molar-refractivity contribution in [2.45, 2.75) is 19.8 Å². The summed E-state index contributed by atoms with van der Waals surface area (Å²) in [7, 11) is 0. The van der Waals surface area contributed by atoms with E-state index in [9.17, 15) is 0 Å². The zero-order valence-corrected chi connectivity index (χ0v) is 11.6. The van der Waals surface area contributed by atoms with Crippen LogP contribution in [0.25, 0.3) is 16.5 Å². The van der Waals surface area contributed by atoms with Crippen LogP contribution in [-0.2, 0) is 0 Å². The summed E-state index contributed by atoms with van der Waals surface area (Å²) >= 11 is 1.23. The van der Waals surface area contributed by atoms with Crippen LogP contribution < -0.4 is 0 Å². The van der Waals surface area contributed by atoms with E-state index >= 15 is 0 Å². The standard InChI is InChI=1S/C15H15N3S/c1-2-13-8-9-15(19-18-17-16)11-14(13)10-12-6-4-3-5-7-12/h2-7,10-11H,8-9H2,1H3/b13-2-,14-10-. The molecule has 2 rings (SSSR count). The van der Waals surface area contributed by atoms with E-state index in [-0.39, 0.29) is 0 Å². The molecular formula is C15H15N3S. The summed E-state index contributed by atoms with van der Waals surface area (Å²) < 4.78 is 3.57. The van der Waals surface area contributed by atoms with Gasteiger partial charge in [-0.3, -0.25) is 0 Å². The molecule has 0 saturated heterocycles. The molecule has 0 atom stereocenters. The SMILES string of the molecule is C/C=C1/CCC(SN=[N+]=[N-])=C/C1=C/c1ccccc1. The van der Waals surface area contributed by atoms with E-state index in [2.05, 4.69) is 46.7 Å². The fraction of sp³-hybridized carbons (Fsp3) is 0.200. The molecule has 0 spiro atoms. The van der Waals surface area contributed by atoms with E-state index in [0.29, 0.717) is 0 Å². The van der Waals surface area contributed by atoms with Crippen LogP contribution in [-0.4, -0.2) is 0 Å². The molecule has 0 aromatic heterocycles. The Kier molecular flexibility index (Phi) is 4.90. The lowest BCUT2D eigenvalue weighted by atomic mass is 9.93. The zero-order valence-electron chi connectivity index (χ0n) is 10.8. The number of allylic oxidation sites excluding steroid dienone is 5. The molecule has 3 nitrogen and oxygen atoms in total. The highest BCUT2D eigenvalue weighted by molar-refractivity contribution is 8.01. The Hall–Kier alpha value is -1.90. The van der Waals surface area contributed by atoms with E-state index in [1.54, 1.807) is 0 Å². The van der Waals surface area contributed by atoms with Gasteiger partial charge in [-0.15, -0.1) is 0 Å². The maximum atomic E-state index is 8.38. The Morgan fingerprint density at radius 3 is 2.74 bits per heavy atom. The minimum Gasteiger partial charge on any atom is -0.0838 e. The van der Waals surface area contributed by atoms with Gasteiger partial charge in [-0.25, -0.2) is 0 Å². The van der Waals surface area contributed by atoms with Gasteiger partial charge in [0.2, 0.25) is 0 Å². The zero-order chi connectivity index (χ0) is 13.5. The molecule has 0 N–H and O–H groups in total. The third-order valence-corrected chi connectivity index (χ3v) is 3.70. The van der Waals surface area contributed by atoms with Crippen LogP contribution >= 0.6 is 11.9 Å². The van der Waals surface area contributed by atoms with Crippen molar-refractivity contribution < 1.29 is 0 Å². The van der Waals surface area contributed by atoms with Crippen molar-refractivity contribution in [1.29, 1.82) is 0 Å². The summed E-state index contributed by atoms with van der Waals surface area (Å²) in [6.45, 7) is 2.06. The molecule has 1 aliphatic rings. The van der Waals surface area contributed by atoms with E-state index in [0.717, 1.165) is 17.7 Å². The van der Waals surface area contributed by atoms with Crippen molar-refractivity contribution in [2.75, 3.05) is 0 Å². The maximum absolute atomic E-state index is 8.38. The highest BCUT2D eigenvalue weighted by Gasteiger charge is 2.12. The predicted octanol–water partition coefficient (Wildman–Crippen LogP) is 5.65. The van der Waals surface area contributed by atoms with Crippen LogP contribution in [0.2, 0.25) is 0 Å². The van der Waals surface area contributed by atoms with Gasteiger partial charge in [-0.05, 0) is 75.5 Å². The number of azide groups is 1. The maximum Gasteiger partial charge on any atom is 0.0112 e. The third kappa shape index (κ3) is 3.78. The van der Waals surface area contributed by atoms with Gasteiger partial charge in [0.15, 0.2) is 0 Å². The smallest absolute Gasteiger partial charge is 0.0112 e. The van der Waals surface area contributed by atoms with Crippen molar-refractivity contribution in [3.63, 3.8) is 0 Å². The van der Waals surface area contributed by atoms with Crippen LogP contribution in [0.5, 0.6) is 0 Å². The molecule has 0 fully saturated rings. The second-order valence-corrected chi connectivity index (χ2v) is 5.07. The molecule has 0 aliphatic heterocycles. The van der Waals surface area contributed by atoms with Gasteiger partial charge in [-0.1, -0.05) is 36.4 Å². The van der Waals surface area contributed by atoms with Crippen LogP contribution in [0.4, 0.5) is 0 Å². The molecule has 0 heterocycles. The van der Waals surface area contributed by atoms with Crippen molar-refractivity contribution in [3.8, 4) is 0 Å². The minimum absolute atomic E-state index is 0.940. The first kappa shape index (κ1) is 13.5. The van der Waals surface area contributed by atoms with E-state index in [1.165, 1.54) is 28.7 Å². The molecule has 0 saturated carbocycles. The van der Waals surface area contributed by atoms with Crippen molar-refractivity contribution >= 4 is 18.0 Å². The van der Waals surface area contributed by atoms with Gasteiger partial charge < -0.3 is 0 Å². The lowest BCUT2D eigenvalue weighted by Crippen LogP contribution is -1.96. The van der Waals surface area contributed by atoms with Gasteiger partial charge >= 0.3 is 0 Å². The molecule has 0 bridgehead atoms. The molecule has 1 aromatic carbocycles. The monoisotopic (exact) mass is 269 g/mol. The molecular weight excluding hydrogens is 254 g/mol. The van der Waals surface area contributed by atoms with Crippen molar-refractivity contribution in [3.05, 3.63) is 74.5 Å². The first-order chi connectivity index (χ1) is 9.33. The summed E-state index contributed by atoms with van der Waals surface area (Å²) in [5.41, 5.74) is 12.1. The molecule has 1 aliphatic carbocycles. The normalized spacial score (nSPS) is 19.1. The minimum atomic E-state index is 0.940. The summed E-state index contributed by atoms with van der Waals surface area (Å²) in [5.74, 6) is 0. The number of rotatable bonds is 3. The van der Waals surface area contributed by atoms with Crippen molar-refractivity contribution in [1.82, 2.24) is 0 Å².